The van der Waals surface area contributed by atoms with Crippen LogP contribution in [0.5, 0.6) is 0 Å². The summed E-state index contributed by atoms with van der Waals surface area (Å²) in [6.45, 7) is 5.77. The molecule has 0 saturated carbocycles. The third-order valence-electron chi connectivity index (χ3n) is 4.14. The van der Waals surface area contributed by atoms with E-state index in [1.807, 2.05) is 34.9 Å². The maximum atomic E-state index is 12.7. The quantitative estimate of drug-likeness (QED) is 0.927. The van der Waals surface area contributed by atoms with E-state index in [0.29, 0.717) is 29.6 Å². The van der Waals surface area contributed by atoms with Crippen molar-refractivity contribution in [1.82, 2.24) is 9.88 Å². The molecule has 3 rings (SSSR count). The number of H-pyrrole nitrogens is 1. The Kier molecular flexibility index (Phi) is 4.25. The monoisotopic (exact) mass is 316 g/mol. The summed E-state index contributed by atoms with van der Waals surface area (Å²) in [7, 11) is 0. The molecule has 1 aliphatic rings. The average Bonchev–Trinajstić information content (AvgIpc) is 2.55. The van der Waals surface area contributed by atoms with Crippen molar-refractivity contribution in [2.24, 2.45) is 5.92 Å². The number of aromatic amines is 1. The van der Waals surface area contributed by atoms with Crippen LogP contribution < -0.4 is 5.43 Å². The van der Waals surface area contributed by atoms with Crippen molar-refractivity contribution in [2.45, 2.75) is 19.1 Å². The van der Waals surface area contributed by atoms with Crippen molar-refractivity contribution in [2.75, 3.05) is 18.8 Å². The highest BCUT2D eigenvalue weighted by Gasteiger charge is 2.28. The fourth-order valence-electron chi connectivity index (χ4n) is 2.76. The maximum Gasteiger partial charge on any atom is 0.259 e. The molecule has 1 amide bonds. The van der Waals surface area contributed by atoms with Crippen molar-refractivity contribution in [3.63, 3.8) is 0 Å². The fraction of sp³-hybridized carbons (Fsp3) is 0.412. The number of nitrogens with zero attached hydrogens (tertiary/aromatic N) is 1. The number of fused-ring (bicyclic) bond motifs is 1. The lowest BCUT2D eigenvalue weighted by atomic mass is 10.1. The average molecular weight is 316 g/mol. The van der Waals surface area contributed by atoms with Crippen LogP contribution in [0.15, 0.2) is 35.3 Å². The third kappa shape index (κ3) is 2.77. The van der Waals surface area contributed by atoms with Gasteiger partial charge in [-0.25, -0.2) is 0 Å². The number of amides is 1. The third-order valence-corrected chi connectivity index (χ3v) is 5.68. The Labute approximate surface area is 133 Å². The molecule has 4 nitrogen and oxygen atoms in total. The van der Waals surface area contributed by atoms with Gasteiger partial charge in [0.2, 0.25) is 5.43 Å². The van der Waals surface area contributed by atoms with E-state index in [-0.39, 0.29) is 16.9 Å². The zero-order valence-corrected chi connectivity index (χ0v) is 13.7. The van der Waals surface area contributed by atoms with Crippen LogP contribution in [0.3, 0.4) is 0 Å². The summed E-state index contributed by atoms with van der Waals surface area (Å²) in [4.78, 5) is 30.2. The molecule has 0 radical (unpaired) electrons. The highest BCUT2D eigenvalue weighted by Crippen LogP contribution is 2.25. The molecular weight excluding hydrogens is 296 g/mol. The van der Waals surface area contributed by atoms with Gasteiger partial charge in [-0.2, -0.15) is 11.8 Å². The minimum atomic E-state index is -0.182. The molecule has 0 bridgehead atoms. The Balaban J connectivity index is 1.92. The smallest absolute Gasteiger partial charge is 0.259 e. The van der Waals surface area contributed by atoms with Gasteiger partial charge >= 0.3 is 0 Å². The first kappa shape index (κ1) is 15.2. The van der Waals surface area contributed by atoms with Crippen LogP contribution in [0, 0.1) is 5.92 Å². The molecule has 1 aliphatic heterocycles. The molecule has 1 atom stereocenters. The number of aromatic nitrogens is 1. The summed E-state index contributed by atoms with van der Waals surface area (Å²) in [5.41, 5.74) is 0.824. The van der Waals surface area contributed by atoms with Crippen molar-refractivity contribution in [3.8, 4) is 0 Å². The molecule has 5 heteroatoms. The summed E-state index contributed by atoms with van der Waals surface area (Å²) in [5, 5.41) is 1.01. The molecule has 2 aromatic rings. The minimum absolute atomic E-state index is 0.155. The van der Waals surface area contributed by atoms with Crippen molar-refractivity contribution in [1.29, 1.82) is 0 Å². The Morgan fingerprint density at radius 1 is 1.36 bits per heavy atom. The Bertz CT molecular complexity index is 754. The first-order chi connectivity index (χ1) is 10.6. The normalized spacial score (nSPS) is 18.9. The second-order valence-electron chi connectivity index (χ2n) is 5.98. The highest BCUT2D eigenvalue weighted by molar-refractivity contribution is 8.00. The summed E-state index contributed by atoms with van der Waals surface area (Å²) in [6, 6.07) is 7.29. The molecule has 2 heterocycles. The predicted molar refractivity (Wildman–Crippen MR) is 91.6 cm³/mol. The molecule has 0 unspecified atom stereocenters. The van der Waals surface area contributed by atoms with E-state index in [2.05, 4.69) is 18.8 Å². The number of hydrogen-bond acceptors (Lipinski definition) is 3. The summed E-state index contributed by atoms with van der Waals surface area (Å²) < 4.78 is 0. The van der Waals surface area contributed by atoms with E-state index in [4.69, 9.17) is 0 Å². The van der Waals surface area contributed by atoms with Crippen molar-refractivity contribution < 1.29 is 4.79 Å². The number of carbonyl (C=O) groups is 1. The van der Waals surface area contributed by atoms with Gasteiger partial charge in [-0.15, -0.1) is 0 Å². The van der Waals surface area contributed by atoms with Gasteiger partial charge in [0.1, 0.15) is 5.56 Å². The molecule has 1 fully saturated rings. The van der Waals surface area contributed by atoms with E-state index in [1.165, 1.54) is 0 Å². The largest absolute Gasteiger partial charge is 0.360 e. The highest BCUT2D eigenvalue weighted by atomic mass is 32.2. The van der Waals surface area contributed by atoms with Gasteiger partial charge in [0.25, 0.3) is 5.91 Å². The summed E-state index contributed by atoms with van der Waals surface area (Å²) in [5.74, 6) is 1.30. The van der Waals surface area contributed by atoms with Gasteiger partial charge in [0, 0.05) is 41.2 Å². The topological polar surface area (TPSA) is 53.2 Å². The summed E-state index contributed by atoms with van der Waals surface area (Å²) in [6.07, 6.45) is 1.55. The molecule has 1 N–H and O–H groups in total. The zero-order chi connectivity index (χ0) is 15.7. The SMILES string of the molecule is CC(C)[C@@H]1CN(C(=O)c2c[nH]c3ccccc3c2=O)CCS1. The number of nitrogens with one attached hydrogen (secondary N) is 1. The molecule has 1 aromatic carbocycles. The fourth-order valence-corrected chi connectivity index (χ4v) is 4.06. The zero-order valence-electron chi connectivity index (χ0n) is 12.8. The van der Waals surface area contributed by atoms with Gasteiger partial charge in [0.15, 0.2) is 0 Å². The standard InChI is InChI=1S/C17H20N2O2S/c1-11(2)15-10-19(7-8-22-15)17(21)13-9-18-14-6-4-3-5-12(14)16(13)20/h3-6,9,11,15H,7-8,10H2,1-2H3,(H,18,20)/t15-/m0/s1. The molecule has 116 valence electrons. The number of carbonyl (C=O) groups excluding carboxylic acids is 1. The van der Waals surface area contributed by atoms with E-state index >= 15 is 0 Å². The Morgan fingerprint density at radius 3 is 2.91 bits per heavy atom. The minimum Gasteiger partial charge on any atom is -0.360 e. The second kappa shape index (κ2) is 6.16. The van der Waals surface area contributed by atoms with Gasteiger partial charge in [0.05, 0.1) is 0 Å². The van der Waals surface area contributed by atoms with Crippen molar-refractivity contribution >= 4 is 28.6 Å². The van der Waals surface area contributed by atoms with E-state index in [0.717, 1.165) is 11.3 Å². The molecule has 0 aliphatic carbocycles. The lowest BCUT2D eigenvalue weighted by molar-refractivity contribution is 0.0754. The summed E-state index contributed by atoms with van der Waals surface area (Å²) >= 11 is 1.91. The molecule has 22 heavy (non-hydrogen) atoms. The predicted octanol–water partition coefficient (Wildman–Crippen LogP) is 2.74. The number of pyridine rings is 1. The van der Waals surface area contributed by atoms with Crippen LogP contribution in [-0.4, -0.2) is 39.9 Å². The van der Waals surface area contributed by atoms with E-state index in [9.17, 15) is 9.59 Å². The maximum absolute atomic E-state index is 12.7. The first-order valence-corrected chi connectivity index (χ1v) is 8.64. The number of para-hydroxylation sites is 1. The number of rotatable bonds is 2. The van der Waals surface area contributed by atoms with Crippen molar-refractivity contribution in [3.05, 3.63) is 46.2 Å². The molecule has 0 spiro atoms. The van der Waals surface area contributed by atoms with Crippen LogP contribution >= 0.6 is 11.8 Å². The van der Waals surface area contributed by atoms with Crippen LogP contribution in [-0.2, 0) is 0 Å². The second-order valence-corrected chi connectivity index (χ2v) is 7.33. The lowest BCUT2D eigenvalue weighted by Gasteiger charge is -2.34. The van der Waals surface area contributed by atoms with Crippen LogP contribution in [0.25, 0.3) is 10.9 Å². The number of thioether (sulfide) groups is 1. The van der Waals surface area contributed by atoms with Crippen LogP contribution in [0.2, 0.25) is 0 Å². The van der Waals surface area contributed by atoms with Gasteiger partial charge < -0.3 is 9.88 Å². The van der Waals surface area contributed by atoms with Crippen LogP contribution in [0.4, 0.5) is 0 Å². The molecule has 1 saturated heterocycles. The lowest BCUT2D eigenvalue weighted by Crippen LogP contribution is -2.44. The van der Waals surface area contributed by atoms with Gasteiger partial charge in [-0.05, 0) is 18.1 Å². The Hall–Kier alpha value is -1.75. The Morgan fingerprint density at radius 2 is 2.14 bits per heavy atom. The number of hydrogen-bond donors (Lipinski definition) is 1. The van der Waals surface area contributed by atoms with Crippen LogP contribution in [0.1, 0.15) is 24.2 Å². The number of benzene rings is 1. The first-order valence-electron chi connectivity index (χ1n) is 7.59. The molecule has 1 aromatic heterocycles. The van der Waals surface area contributed by atoms with E-state index < -0.39 is 0 Å². The molecular formula is C17H20N2O2S. The van der Waals surface area contributed by atoms with Gasteiger partial charge in [-0.1, -0.05) is 26.0 Å². The van der Waals surface area contributed by atoms with Gasteiger partial charge in [-0.3, -0.25) is 9.59 Å². The van der Waals surface area contributed by atoms with E-state index in [1.54, 1.807) is 12.3 Å².